The van der Waals surface area contributed by atoms with Gasteiger partial charge < -0.3 is 10.1 Å². The van der Waals surface area contributed by atoms with Gasteiger partial charge in [0, 0.05) is 11.3 Å². The van der Waals surface area contributed by atoms with Gasteiger partial charge in [-0.25, -0.2) is 13.2 Å². The Kier molecular flexibility index (Phi) is 5.66. The zero-order chi connectivity index (χ0) is 22.0. The summed E-state index contributed by atoms with van der Waals surface area (Å²) in [5.74, 6) is -1.44. The van der Waals surface area contributed by atoms with Gasteiger partial charge in [-0.1, -0.05) is 54.6 Å². The molecule has 0 aromatic heterocycles. The third-order valence-electron chi connectivity index (χ3n) is 5.58. The maximum Gasteiger partial charge on any atom is 0.336 e. The molecule has 31 heavy (non-hydrogen) atoms. The van der Waals surface area contributed by atoms with Gasteiger partial charge in [0.15, 0.2) is 9.84 Å². The molecule has 4 rings (SSSR count). The molecule has 0 radical (unpaired) electrons. The molecule has 2 heterocycles. The summed E-state index contributed by atoms with van der Waals surface area (Å²) in [5.41, 5.74) is 3.80. The van der Waals surface area contributed by atoms with Gasteiger partial charge in [-0.15, -0.1) is 0 Å². The van der Waals surface area contributed by atoms with Crippen LogP contribution in [0.15, 0.2) is 70.8 Å². The molecule has 0 spiro atoms. The van der Waals surface area contributed by atoms with Gasteiger partial charge in [-0.2, -0.15) is 5.26 Å². The van der Waals surface area contributed by atoms with E-state index in [1.54, 1.807) is 6.92 Å². The number of ether oxygens (including phenoxy) is 1. The fourth-order valence-electron chi connectivity index (χ4n) is 4.18. The first-order chi connectivity index (χ1) is 14.9. The molecular weight excluding hydrogens is 412 g/mol. The van der Waals surface area contributed by atoms with Crippen molar-refractivity contribution in [2.75, 3.05) is 12.4 Å². The van der Waals surface area contributed by atoms with Gasteiger partial charge in [-0.05, 0) is 24.5 Å². The predicted octanol–water partition coefficient (Wildman–Crippen LogP) is 3.44. The highest BCUT2D eigenvalue weighted by Crippen LogP contribution is 2.45. The number of fused-ring (bicyclic) bond motifs is 2. The van der Waals surface area contributed by atoms with Gasteiger partial charge in [-0.3, -0.25) is 0 Å². The van der Waals surface area contributed by atoms with Crippen molar-refractivity contribution in [2.45, 2.75) is 25.7 Å². The van der Waals surface area contributed by atoms with E-state index in [0.29, 0.717) is 23.4 Å². The van der Waals surface area contributed by atoms with Gasteiger partial charge in [0.05, 0.1) is 40.3 Å². The minimum Gasteiger partial charge on any atom is -0.461 e. The van der Waals surface area contributed by atoms with Crippen LogP contribution in [0.5, 0.6) is 0 Å². The normalized spacial score (nSPS) is 19.4. The monoisotopic (exact) mass is 434 g/mol. The topological polar surface area (TPSA) is 96.3 Å². The summed E-state index contributed by atoms with van der Waals surface area (Å²) in [6, 6.07) is 18.7. The van der Waals surface area contributed by atoms with Crippen LogP contribution in [0, 0.1) is 11.3 Å². The summed E-state index contributed by atoms with van der Waals surface area (Å²) in [7, 11) is -3.68. The number of hydrogen-bond acceptors (Lipinski definition) is 6. The minimum absolute atomic E-state index is 0.0380. The van der Waals surface area contributed by atoms with Crippen molar-refractivity contribution in [1.29, 1.82) is 5.26 Å². The van der Waals surface area contributed by atoms with E-state index in [9.17, 15) is 13.2 Å². The summed E-state index contributed by atoms with van der Waals surface area (Å²) in [5, 5.41) is 12.0. The number of nitrogens with zero attached hydrogens (tertiary/aromatic N) is 1. The van der Waals surface area contributed by atoms with Crippen LogP contribution in [0.4, 0.5) is 0 Å². The molecule has 1 atom stereocenters. The SMILES string of the molecule is CC1=C(C(=O)OCCC#N)C(c2ccccc2)C2=C(N1)c1ccccc1CCS2(=O)=O. The van der Waals surface area contributed by atoms with Crippen molar-refractivity contribution in [2.24, 2.45) is 0 Å². The number of nitrogens with one attached hydrogen (secondary N) is 1. The van der Waals surface area contributed by atoms with E-state index in [2.05, 4.69) is 5.32 Å². The van der Waals surface area contributed by atoms with Crippen LogP contribution in [-0.4, -0.2) is 26.7 Å². The molecule has 7 heteroatoms. The first-order valence-corrected chi connectivity index (χ1v) is 11.7. The number of hydrogen-bond donors (Lipinski definition) is 1. The molecule has 2 aromatic carbocycles. The highest BCUT2D eigenvalue weighted by molar-refractivity contribution is 7.95. The van der Waals surface area contributed by atoms with Gasteiger partial charge >= 0.3 is 5.97 Å². The standard InChI is InChI=1S/C24H22N2O4S/c1-16-20(24(27)30-14-7-13-25)21(18-9-3-2-4-10-18)23-22(26-16)19-11-6-5-8-17(19)12-15-31(23,28)29/h2-6,8-11,21,26H,7,12,14-15H2,1H3. The number of allylic oxidation sites excluding steroid dienone is 2. The van der Waals surface area contributed by atoms with Crippen LogP contribution in [0.2, 0.25) is 0 Å². The van der Waals surface area contributed by atoms with Crippen molar-refractivity contribution in [3.63, 3.8) is 0 Å². The Labute approximate surface area is 181 Å². The highest BCUT2D eigenvalue weighted by atomic mass is 32.2. The molecule has 0 saturated heterocycles. The van der Waals surface area contributed by atoms with Crippen LogP contribution in [0.1, 0.15) is 36.0 Å². The van der Waals surface area contributed by atoms with Gasteiger partial charge in [0.2, 0.25) is 0 Å². The second-order valence-electron chi connectivity index (χ2n) is 7.52. The molecule has 0 bridgehead atoms. The molecule has 2 aromatic rings. The first-order valence-electron chi connectivity index (χ1n) is 10.1. The maximum atomic E-state index is 13.5. The quantitative estimate of drug-likeness (QED) is 0.585. The highest BCUT2D eigenvalue weighted by Gasteiger charge is 2.42. The smallest absolute Gasteiger partial charge is 0.336 e. The largest absolute Gasteiger partial charge is 0.461 e. The maximum absolute atomic E-state index is 13.5. The lowest BCUT2D eigenvalue weighted by molar-refractivity contribution is -0.139. The average Bonchev–Trinajstić information content (AvgIpc) is 2.88. The van der Waals surface area contributed by atoms with E-state index in [1.807, 2.05) is 60.7 Å². The third-order valence-corrected chi connectivity index (χ3v) is 7.43. The molecule has 1 N–H and O–H groups in total. The van der Waals surface area contributed by atoms with E-state index in [1.165, 1.54) is 0 Å². The Bertz CT molecular complexity index is 1240. The Morgan fingerprint density at radius 1 is 1.16 bits per heavy atom. The number of dihydropyridines is 1. The fourth-order valence-corrected chi connectivity index (χ4v) is 5.98. The van der Waals surface area contributed by atoms with Crippen LogP contribution in [0.3, 0.4) is 0 Å². The number of nitriles is 1. The molecule has 0 fully saturated rings. The van der Waals surface area contributed by atoms with Crippen LogP contribution < -0.4 is 5.32 Å². The summed E-state index contributed by atoms with van der Waals surface area (Å²) in [4.78, 5) is 13.2. The first kappa shape index (κ1) is 20.9. The Morgan fingerprint density at radius 2 is 1.87 bits per heavy atom. The molecule has 1 unspecified atom stereocenters. The van der Waals surface area contributed by atoms with Crippen LogP contribution >= 0.6 is 0 Å². The van der Waals surface area contributed by atoms with Gasteiger partial charge in [0.25, 0.3) is 0 Å². The molecule has 0 saturated carbocycles. The molecule has 2 aliphatic heterocycles. The van der Waals surface area contributed by atoms with E-state index < -0.39 is 21.7 Å². The van der Waals surface area contributed by atoms with Gasteiger partial charge in [0.1, 0.15) is 6.61 Å². The summed E-state index contributed by atoms with van der Waals surface area (Å²) in [6.45, 7) is 1.70. The Balaban J connectivity index is 1.94. The Morgan fingerprint density at radius 3 is 2.61 bits per heavy atom. The number of carbonyl (C=O) groups excluding carboxylic acids is 1. The molecule has 2 aliphatic rings. The van der Waals surface area contributed by atoms with Crippen LogP contribution in [0.25, 0.3) is 5.70 Å². The van der Waals surface area contributed by atoms with E-state index >= 15 is 0 Å². The number of aryl methyl sites for hydroxylation is 1. The number of esters is 1. The number of benzene rings is 2. The lowest BCUT2D eigenvalue weighted by Crippen LogP contribution is -2.32. The second-order valence-corrected chi connectivity index (χ2v) is 9.59. The average molecular weight is 435 g/mol. The lowest BCUT2D eigenvalue weighted by Gasteiger charge is -2.31. The lowest BCUT2D eigenvalue weighted by atomic mass is 9.84. The number of rotatable bonds is 4. The molecule has 0 amide bonds. The van der Waals surface area contributed by atoms with Crippen molar-refractivity contribution >= 4 is 21.5 Å². The number of carbonyl (C=O) groups is 1. The van der Waals surface area contributed by atoms with Crippen molar-refractivity contribution in [3.8, 4) is 6.07 Å². The molecule has 158 valence electrons. The third kappa shape index (κ3) is 3.87. The zero-order valence-electron chi connectivity index (χ0n) is 17.1. The summed E-state index contributed by atoms with van der Waals surface area (Å²) < 4.78 is 32.3. The van der Waals surface area contributed by atoms with Crippen molar-refractivity contribution < 1.29 is 17.9 Å². The number of sulfone groups is 1. The van der Waals surface area contributed by atoms with E-state index in [0.717, 1.165) is 11.1 Å². The van der Waals surface area contributed by atoms with Crippen LogP contribution in [-0.2, 0) is 25.8 Å². The van der Waals surface area contributed by atoms with Crippen molar-refractivity contribution in [1.82, 2.24) is 5.32 Å². The molecule has 0 aliphatic carbocycles. The Hall–Kier alpha value is -3.37. The minimum atomic E-state index is -3.68. The summed E-state index contributed by atoms with van der Waals surface area (Å²) >= 11 is 0. The fraction of sp³-hybridized carbons (Fsp3) is 0.250. The molecular formula is C24H22N2O4S. The van der Waals surface area contributed by atoms with Crippen molar-refractivity contribution in [3.05, 3.63) is 87.5 Å². The summed E-state index contributed by atoms with van der Waals surface area (Å²) in [6.07, 6.45) is 0.469. The second kappa shape index (κ2) is 8.40. The predicted molar refractivity (Wildman–Crippen MR) is 117 cm³/mol. The van der Waals surface area contributed by atoms with E-state index in [-0.39, 0.29) is 29.3 Å². The molecule has 6 nitrogen and oxygen atoms in total. The van der Waals surface area contributed by atoms with E-state index in [4.69, 9.17) is 10.00 Å². The zero-order valence-corrected chi connectivity index (χ0v) is 17.9.